The number of rotatable bonds is 43. The fourth-order valence-corrected chi connectivity index (χ4v) is 6.96. The summed E-state index contributed by atoms with van der Waals surface area (Å²) in [4.78, 5) is 46.0. The molecule has 0 saturated carbocycles. The standard InChI is InChI=1S/C48H84NO10P/c1-3-5-7-9-11-13-15-17-19-20-21-22-23-24-26-27-29-31-33-35-37-39-46(51)49-45(48(53)54)43-59-60(55,56)58-42-44(50)41-57-47(52)40-38-36-34-32-30-28-25-18-16-14-12-10-8-6-4-2/h6,8,11-14,17-19,25,44-45,50H,3-5,7,9-10,15-16,20-24,26-43H2,1-2H3,(H,49,51)(H,53,54)(H,55,56)/b8-6-,13-11-,14-12-,19-17-,25-18-. The van der Waals surface area contributed by atoms with Gasteiger partial charge in [0.15, 0.2) is 6.04 Å². The van der Waals surface area contributed by atoms with E-state index in [9.17, 15) is 34.1 Å². The Morgan fingerprint density at radius 1 is 0.550 bits per heavy atom. The number of aliphatic hydroxyl groups excluding tert-OH is 1. The van der Waals surface area contributed by atoms with E-state index in [0.717, 1.165) is 83.5 Å². The van der Waals surface area contributed by atoms with E-state index >= 15 is 0 Å². The Labute approximate surface area is 364 Å². The highest BCUT2D eigenvalue weighted by molar-refractivity contribution is 7.47. The minimum atomic E-state index is -4.76. The monoisotopic (exact) mass is 866 g/mol. The van der Waals surface area contributed by atoms with Crippen LogP contribution in [0.1, 0.15) is 194 Å². The number of allylic oxidation sites excluding steroid dienone is 10. The van der Waals surface area contributed by atoms with Crippen molar-refractivity contribution in [3.63, 3.8) is 0 Å². The number of esters is 1. The molecule has 1 amide bonds. The second kappa shape index (κ2) is 42.9. The number of aliphatic hydroxyl groups is 1. The molecule has 0 bridgehead atoms. The predicted octanol–water partition coefficient (Wildman–Crippen LogP) is 12.3. The number of carboxylic acid groups (broad SMARTS) is 1. The molecular formula is C48H84NO10P. The number of hydrogen-bond acceptors (Lipinski definition) is 8. The Kier molecular flexibility index (Phi) is 40.8. The molecule has 0 aliphatic carbocycles. The first-order chi connectivity index (χ1) is 29.1. The van der Waals surface area contributed by atoms with E-state index in [0.29, 0.717) is 12.8 Å². The van der Waals surface area contributed by atoms with Crippen LogP contribution in [-0.2, 0) is 32.7 Å². The molecule has 12 heteroatoms. The Morgan fingerprint density at radius 3 is 1.45 bits per heavy atom. The van der Waals surface area contributed by atoms with Gasteiger partial charge in [0.25, 0.3) is 0 Å². The van der Waals surface area contributed by atoms with Gasteiger partial charge in [0.1, 0.15) is 12.7 Å². The number of carbonyl (C=O) groups is 3. The minimum Gasteiger partial charge on any atom is -0.480 e. The maximum atomic E-state index is 12.3. The molecule has 0 fully saturated rings. The van der Waals surface area contributed by atoms with E-state index in [1.807, 2.05) is 0 Å². The highest BCUT2D eigenvalue weighted by Gasteiger charge is 2.28. The molecule has 346 valence electrons. The smallest absolute Gasteiger partial charge is 0.472 e. The van der Waals surface area contributed by atoms with E-state index in [1.165, 1.54) is 70.6 Å². The predicted molar refractivity (Wildman–Crippen MR) is 245 cm³/mol. The molecule has 0 spiro atoms. The van der Waals surface area contributed by atoms with Crippen molar-refractivity contribution >= 4 is 25.7 Å². The normalized spacial score (nSPS) is 14.2. The Bertz CT molecular complexity index is 1250. The molecule has 0 rings (SSSR count). The topological polar surface area (TPSA) is 169 Å². The van der Waals surface area contributed by atoms with E-state index in [-0.39, 0.29) is 12.8 Å². The lowest BCUT2D eigenvalue weighted by Crippen LogP contribution is -2.43. The van der Waals surface area contributed by atoms with Crippen molar-refractivity contribution in [1.82, 2.24) is 5.32 Å². The zero-order chi connectivity index (χ0) is 44.2. The summed E-state index contributed by atoms with van der Waals surface area (Å²) in [5.74, 6) is -2.40. The molecule has 0 aromatic heterocycles. The molecule has 4 N–H and O–H groups in total. The van der Waals surface area contributed by atoms with Crippen LogP contribution >= 0.6 is 7.82 Å². The van der Waals surface area contributed by atoms with Gasteiger partial charge in [-0.1, -0.05) is 164 Å². The summed E-state index contributed by atoms with van der Waals surface area (Å²) in [5.41, 5.74) is 0. The van der Waals surface area contributed by atoms with Crippen molar-refractivity contribution in [3.8, 4) is 0 Å². The van der Waals surface area contributed by atoms with Crippen LogP contribution in [0.25, 0.3) is 0 Å². The lowest BCUT2D eigenvalue weighted by Gasteiger charge is -2.18. The van der Waals surface area contributed by atoms with Crippen molar-refractivity contribution in [2.24, 2.45) is 0 Å². The molecular weight excluding hydrogens is 781 g/mol. The average Bonchev–Trinajstić information content (AvgIpc) is 3.22. The average molecular weight is 866 g/mol. The molecule has 60 heavy (non-hydrogen) atoms. The van der Waals surface area contributed by atoms with E-state index in [1.54, 1.807) is 0 Å². The van der Waals surface area contributed by atoms with E-state index in [2.05, 4.69) is 79.9 Å². The molecule has 3 unspecified atom stereocenters. The van der Waals surface area contributed by atoms with Gasteiger partial charge in [0.05, 0.1) is 13.2 Å². The summed E-state index contributed by atoms with van der Waals surface area (Å²) in [6.07, 6.45) is 49.5. The first-order valence-electron chi connectivity index (χ1n) is 23.3. The summed E-state index contributed by atoms with van der Waals surface area (Å²) in [6, 6.07) is -1.55. The number of hydrogen-bond donors (Lipinski definition) is 4. The van der Waals surface area contributed by atoms with Crippen molar-refractivity contribution in [1.29, 1.82) is 0 Å². The highest BCUT2D eigenvalue weighted by atomic mass is 31.2. The van der Waals surface area contributed by atoms with Gasteiger partial charge in [-0.05, 0) is 77.0 Å². The molecule has 0 saturated heterocycles. The number of amides is 1. The Hall–Kier alpha value is -2.82. The van der Waals surface area contributed by atoms with Crippen LogP contribution in [-0.4, -0.2) is 64.9 Å². The van der Waals surface area contributed by atoms with Gasteiger partial charge in [0, 0.05) is 12.8 Å². The number of unbranched alkanes of at least 4 members (excludes halogenated alkanes) is 19. The molecule has 0 radical (unpaired) electrons. The first kappa shape index (κ1) is 57.2. The van der Waals surface area contributed by atoms with Gasteiger partial charge < -0.3 is 25.2 Å². The lowest BCUT2D eigenvalue weighted by atomic mass is 10.0. The maximum absolute atomic E-state index is 12.3. The summed E-state index contributed by atoms with van der Waals surface area (Å²) in [7, 11) is -4.76. The fourth-order valence-electron chi connectivity index (χ4n) is 6.18. The van der Waals surface area contributed by atoms with Gasteiger partial charge in [-0.15, -0.1) is 0 Å². The van der Waals surface area contributed by atoms with Crippen LogP contribution in [0.3, 0.4) is 0 Å². The van der Waals surface area contributed by atoms with Gasteiger partial charge in [-0.2, -0.15) is 0 Å². The Morgan fingerprint density at radius 2 is 0.967 bits per heavy atom. The quantitative estimate of drug-likeness (QED) is 0.0200. The van der Waals surface area contributed by atoms with Crippen LogP contribution in [0.4, 0.5) is 0 Å². The molecule has 11 nitrogen and oxygen atoms in total. The minimum absolute atomic E-state index is 0.140. The summed E-state index contributed by atoms with van der Waals surface area (Å²) in [5, 5.41) is 21.9. The third-order valence-electron chi connectivity index (χ3n) is 9.79. The second-order valence-electron chi connectivity index (χ2n) is 15.6. The van der Waals surface area contributed by atoms with E-state index in [4.69, 9.17) is 13.8 Å². The third-order valence-corrected chi connectivity index (χ3v) is 10.7. The van der Waals surface area contributed by atoms with Crippen molar-refractivity contribution in [2.75, 3.05) is 19.8 Å². The molecule has 0 aromatic rings. The lowest BCUT2D eigenvalue weighted by molar-refractivity contribution is -0.147. The molecule has 0 heterocycles. The first-order valence-corrected chi connectivity index (χ1v) is 24.8. The molecule has 3 atom stereocenters. The number of nitrogens with one attached hydrogen (secondary N) is 1. The summed E-state index contributed by atoms with van der Waals surface area (Å²) in [6.45, 7) is 2.44. The number of aliphatic carboxylic acids is 1. The number of ether oxygens (including phenoxy) is 1. The fraction of sp³-hybridized carbons (Fsp3) is 0.729. The van der Waals surface area contributed by atoms with Crippen LogP contribution in [0.5, 0.6) is 0 Å². The van der Waals surface area contributed by atoms with Crippen LogP contribution in [0, 0.1) is 0 Å². The maximum Gasteiger partial charge on any atom is 0.472 e. The molecule has 0 aliphatic heterocycles. The van der Waals surface area contributed by atoms with Crippen LogP contribution in [0.2, 0.25) is 0 Å². The van der Waals surface area contributed by atoms with E-state index < -0.39 is 57.6 Å². The van der Waals surface area contributed by atoms with Crippen LogP contribution < -0.4 is 5.32 Å². The third kappa shape index (κ3) is 41.9. The van der Waals surface area contributed by atoms with Crippen molar-refractivity contribution < 1.29 is 47.8 Å². The van der Waals surface area contributed by atoms with Crippen molar-refractivity contribution in [2.45, 2.75) is 206 Å². The van der Waals surface area contributed by atoms with Gasteiger partial charge >= 0.3 is 19.8 Å². The van der Waals surface area contributed by atoms with Crippen molar-refractivity contribution in [3.05, 3.63) is 60.8 Å². The number of carboxylic acids is 1. The number of phosphoric acid groups is 1. The summed E-state index contributed by atoms with van der Waals surface area (Å²) >= 11 is 0. The molecule has 0 aromatic carbocycles. The Balaban J connectivity index is 3.89. The summed E-state index contributed by atoms with van der Waals surface area (Å²) < 4.78 is 26.9. The number of carbonyl (C=O) groups excluding carboxylic acids is 2. The largest absolute Gasteiger partial charge is 0.480 e. The van der Waals surface area contributed by atoms with Gasteiger partial charge in [-0.3, -0.25) is 18.6 Å². The molecule has 0 aliphatic rings. The zero-order valence-electron chi connectivity index (χ0n) is 37.5. The highest BCUT2D eigenvalue weighted by Crippen LogP contribution is 2.43. The number of phosphoric ester groups is 1. The van der Waals surface area contributed by atoms with Gasteiger partial charge in [0.2, 0.25) is 5.91 Å². The van der Waals surface area contributed by atoms with Gasteiger partial charge in [-0.25, -0.2) is 9.36 Å². The van der Waals surface area contributed by atoms with Crippen LogP contribution in [0.15, 0.2) is 60.8 Å². The zero-order valence-corrected chi connectivity index (χ0v) is 38.4. The second-order valence-corrected chi connectivity index (χ2v) is 17.0. The SMILES string of the molecule is CC/C=C\C/C=C\C/C=C\CCCCCCCC(=O)OCC(O)COP(=O)(O)OCC(NC(=O)CCCCCCCCCCCCC/C=C\C/C=C\CCCCC)C(=O)O.